The van der Waals surface area contributed by atoms with Gasteiger partial charge in [-0.05, 0) is 50.4 Å². The first kappa shape index (κ1) is 15.2. The molecule has 0 saturated carbocycles. The number of aliphatic hydroxyl groups is 1. The summed E-state index contributed by atoms with van der Waals surface area (Å²) in [6.07, 6.45) is 7.10. The maximum absolute atomic E-state index is 10.5. The number of piperidine rings is 1. The molecule has 0 amide bonds. The van der Waals surface area contributed by atoms with Crippen LogP contribution < -0.4 is 0 Å². The minimum atomic E-state index is -0.459. The van der Waals surface area contributed by atoms with Crippen LogP contribution in [0.4, 0.5) is 0 Å². The van der Waals surface area contributed by atoms with Gasteiger partial charge in [0.15, 0.2) is 0 Å². The largest absolute Gasteiger partial charge is 0.385 e. The lowest BCUT2D eigenvalue weighted by molar-refractivity contribution is 0.0489. The maximum atomic E-state index is 10.5. The molecule has 1 saturated heterocycles. The summed E-state index contributed by atoms with van der Waals surface area (Å²) in [5.74, 6) is 1.07. The van der Waals surface area contributed by atoms with E-state index in [9.17, 15) is 5.11 Å². The number of hydrogen-bond donors (Lipinski definition) is 1. The summed E-state index contributed by atoms with van der Waals surface area (Å²) in [6.45, 7) is 4.95. The molecule has 1 atom stereocenters. The predicted molar refractivity (Wildman–Crippen MR) is 85.1 cm³/mol. The van der Waals surface area contributed by atoms with Gasteiger partial charge in [-0.3, -0.25) is 9.88 Å². The molecule has 0 spiro atoms. The van der Waals surface area contributed by atoms with E-state index in [1.54, 1.807) is 6.20 Å². The SMILES string of the molecule is Cc1ccc(CN2CCC([C@@H](O)c3nccn3C)CC2)nc1. The van der Waals surface area contributed by atoms with Gasteiger partial charge >= 0.3 is 0 Å². The average molecular weight is 300 g/mol. The first-order chi connectivity index (χ1) is 10.6. The molecular formula is C17H24N4O. The Morgan fingerprint density at radius 3 is 2.64 bits per heavy atom. The molecule has 0 aromatic carbocycles. The highest BCUT2D eigenvalue weighted by molar-refractivity contribution is 5.12. The Morgan fingerprint density at radius 2 is 2.05 bits per heavy atom. The smallest absolute Gasteiger partial charge is 0.137 e. The third-order valence-corrected chi connectivity index (χ3v) is 4.56. The van der Waals surface area contributed by atoms with Crippen LogP contribution in [0, 0.1) is 12.8 Å². The van der Waals surface area contributed by atoms with Crippen molar-refractivity contribution < 1.29 is 5.11 Å². The van der Waals surface area contributed by atoms with Gasteiger partial charge in [0.1, 0.15) is 11.9 Å². The van der Waals surface area contributed by atoms with Crippen molar-refractivity contribution in [2.24, 2.45) is 13.0 Å². The molecule has 118 valence electrons. The summed E-state index contributed by atoms with van der Waals surface area (Å²) in [5.41, 5.74) is 2.31. The highest BCUT2D eigenvalue weighted by Gasteiger charge is 2.28. The van der Waals surface area contributed by atoms with Crippen LogP contribution in [0.1, 0.15) is 36.0 Å². The minimum absolute atomic E-state index is 0.295. The van der Waals surface area contributed by atoms with E-state index < -0.39 is 6.10 Å². The standard InChI is InChI=1S/C17H24N4O/c1-13-3-4-15(19-11-13)12-21-8-5-14(6-9-21)16(22)17-18-7-10-20(17)2/h3-4,7,10-11,14,16,22H,5-6,8-9,12H2,1-2H3/t16-/m1/s1. The van der Waals surface area contributed by atoms with Crippen molar-refractivity contribution in [3.63, 3.8) is 0 Å². The number of nitrogens with zero attached hydrogens (tertiary/aromatic N) is 4. The Hall–Kier alpha value is -1.72. The zero-order chi connectivity index (χ0) is 15.5. The molecule has 1 N–H and O–H groups in total. The van der Waals surface area contributed by atoms with E-state index in [4.69, 9.17) is 0 Å². The zero-order valence-electron chi connectivity index (χ0n) is 13.3. The minimum Gasteiger partial charge on any atom is -0.385 e. The summed E-state index contributed by atoms with van der Waals surface area (Å²) in [4.78, 5) is 11.2. The molecule has 0 bridgehead atoms. The van der Waals surface area contributed by atoms with Crippen LogP contribution in [-0.4, -0.2) is 37.6 Å². The van der Waals surface area contributed by atoms with E-state index >= 15 is 0 Å². The van der Waals surface area contributed by atoms with E-state index in [2.05, 4.69) is 33.9 Å². The Bertz CT molecular complexity index is 599. The van der Waals surface area contributed by atoms with Crippen LogP contribution in [0.3, 0.4) is 0 Å². The predicted octanol–water partition coefficient (Wildman–Crippen LogP) is 2.07. The highest BCUT2D eigenvalue weighted by atomic mass is 16.3. The summed E-state index contributed by atoms with van der Waals surface area (Å²) < 4.78 is 1.91. The number of likely N-dealkylation sites (tertiary alicyclic amines) is 1. The van der Waals surface area contributed by atoms with Crippen molar-refractivity contribution in [3.05, 3.63) is 47.8 Å². The lowest BCUT2D eigenvalue weighted by Gasteiger charge is -2.33. The fourth-order valence-electron chi connectivity index (χ4n) is 3.12. The van der Waals surface area contributed by atoms with Crippen LogP contribution in [0.2, 0.25) is 0 Å². The van der Waals surface area contributed by atoms with Gasteiger partial charge < -0.3 is 9.67 Å². The second kappa shape index (κ2) is 6.58. The molecule has 3 heterocycles. The van der Waals surface area contributed by atoms with Crippen molar-refractivity contribution in [3.8, 4) is 0 Å². The van der Waals surface area contributed by atoms with Crippen molar-refractivity contribution >= 4 is 0 Å². The van der Waals surface area contributed by atoms with E-state index in [1.165, 1.54) is 5.56 Å². The fourth-order valence-corrected chi connectivity index (χ4v) is 3.12. The topological polar surface area (TPSA) is 54.2 Å². The van der Waals surface area contributed by atoms with Crippen molar-refractivity contribution in [2.75, 3.05) is 13.1 Å². The summed E-state index contributed by atoms with van der Waals surface area (Å²) in [5, 5.41) is 10.5. The van der Waals surface area contributed by atoms with E-state index in [-0.39, 0.29) is 0 Å². The average Bonchev–Trinajstić information content (AvgIpc) is 2.96. The molecule has 0 aliphatic carbocycles. The first-order valence-electron chi connectivity index (χ1n) is 7.92. The Kier molecular flexibility index (Phi) is 4.55. The van der Waals surface area contributed by atoms with E-state index in [1.807, 2.05) is 24.0 Å². The molecule has 5 heteroatoms. The van der Waals surface area contributed by atoms with Crippen molar-refractivity contribution in [1.29, 1.82) is 0 Å². The first-order valence-corrected chi connectivity index (χ1v) is 7.92. The summed E-state index contributed by atoms with van der Waals surface area (Å²) in [6, 6.07) is 4.21. The lowest BCUT2D eigenvalue weighted by atomic mass is 9.90. The number of aromatic nitrogens is 3. The third-order valence-electron chi connectivity index (χ3n) is 4.56. The molecule has 0 unspecified atom stereocenters. The molecule has 1 aliphatic heterocycles. The molecule has 1 aliphatic rings. The van der Waals surface area contributed by atoms with Crippen molar-refractivity contribution in [1.82, 2.24) is 19.4 Å². The van der Waals surface area contributed by atoms with Crippen LogP contribution in [0.15, 0.2) is 30.7 Å². The van der Waals surface area contributed by atoms with Gasteiger partial charge in [0, 0.05) is 32.2 Å². The van der Waals surface area contributed by atoms with Gasteiger partial charge in [0.05, 0.1) is 5.69 Å². The van der Waals surface area contributed by atoms with E-state index in [0.29, 0.717) is 5.92 Å². The van der Waals surface area contributed by atoms with Gasteiger partial charge in [-0.2, -0.15) is 0 Å². The lowest BCUT2D eigenvalue weighted by Crippen LogP contribution is -2.35. The number of rotatable bonds is 4. The summed E-state index contributed by atoms with van der Waals surface area (Å²) in [7, 11) is 1.93. The Labute approximate surface area is 131 Å². The van der Waals surface area contributed by atoms with Gasteiger partial charge in [0.25, 0.3) is 0 Å². The number of aryl methyl sites for hydroxylation is 2. The quantitative estimate of drug-likeness (QED) is 0.939. The Morgan fingerprint density at radius 1 is 1.27 bits per heavy atom. The molecule has 22 heavy (non-hydrogen) atoms. The number of aliphatic hydroxyl groups excluding tert-OH is 1. The normalized spacial score (nSPS) is 18.5. The molecular weight excluding hydrogens is 276 g/mol. The van der Waals surface area contributed by atoms with Crippen LogP contribution in [0.25, 0.3) is 0 Å². The number of imidazole rings is 1. The second-order valence-electron chi connectivity index (χ2n) is 6.28. The fraction of sp³-hybridized carbons (Fsp3) is 0.529. The third kappa shape index (κ3) is 3.36. The van der Waals surface area contributed by atoms with E-state index in [0.717, 1.165) is 44.0 Å². The van der Waals surface area contributed by atoms with Gasteiger partial charge in [0.2, 0.25) is 0 Å². The van der Waals surface area contributed by atoms with Crippen LogP contribution >= 0.6 is 0 Å². The molecule has 5 nitrogen and oxygen atoms in total. The molecule has 0 radical (unpaired) electrons. The van der Waals surface area contributed by atoms with Gasteiger partial charge in [-0.1, -0.05) is 6.07 Å². The maximum Gasteiger partial charge on any atom is 0.137 e. The number of pyridine rings is 1. The molecule has 2 aromatic rings. The monoisotopic (exact) mass is 300 g/mol. The van der Waals surface area contributed by atoms with Gasteiger partial charge in [-0.25, -0.2) is 4.98 Å². The highest BCUT2D eigenvalue weighted by Crippen LogP contribution is 2.30. The molecule has 2 aromatic heterocycles. The van der Waals surface area contributed by atoms with Gasteiger partial charge in [-0.15, -0.1) is 0 Å². The van der Waals surface area contributed by atoms with Crippen LogP contribution in [-0.2, 0) is 13.6 Å². The zero-order valence-corrected chi connectivity index (χ0v) is 13.3. The van der Waals surface area contributed by atoms with Crippen LogP contribution in [0.5, 0.6) is 0 Å². The molecule has 1 fully saturated rings. The second-order valence-corrected chi connectivity index (χ2v) is 6.28. The molecule has 3 rings (SSSR count). The number of hydrogen-bond acceptors (Lipinski definition) is 4. The Balaban J connectivity index is 1.54. The van der Waals surface area contributed by atoms with Crippen molar-refractivity contribution in [2.45, 2.75) is 32.4 Å². The summed E-state index contributed by atoms with van der Waals surface area (Å²) >= 11 is 0.